The Morgan fingerprint density at radius 2 is 1.55 bits per heavy atom. The normalized spacial score (nSPS) is 16.5. The van der Waals surface area contributed by atoms with Crippen molar-refractivity contribution >= 4 is 46.3 Å². The molecule has 0 spiro atoms. The van der Waals surface area contributed by atoms with Gasteiger partial charge in [0, 0.05) is 0 Å². The minimum atomic E-state index is -3.96. The second-order valence-electron chi connectivity index (χ2n) is 11.3. The molecule has 1 unspecified atom stereocenters. The van der Waals surface area contributed by atoms with Gasteiger partial charge in [-0.15, -0.1) is 0 Å². The van der Waals surface area contributed by atoms with Gasteiger partial charge in [0.15, 0.2) is 0 Å². The number of aryl methyl sites for hydroxylation is 2. The van der Waals surface area contributed by atoms with E-state index in [0.29, 0.717) is 5.92 Å². The van der Waals surface area contributed by atoms with E-state index in [0.717, 1.165) is 12.8 Å². The average Bonchev–Trinajstić information content (AvgIpc) is 3.46. The fraction of sp³-hybridized carbons (Fsp3) is 0.235. The third kappa shape index (κ3) is 4.37. The van der Waals surface area contributed by atoms with Crippen molar-refractivity contribution in [3.05, 3.63) is 107 Å². The summed E-state index contributed by atoms with van der Waals surface area (Å²) in [7, 11) is 15.1. The number of hydrogen-bond donors (Lipinski definition) is 0. The Morgan fingerprint density at radius 3 is 2.29 bits per heavy atom. The van der Waals surface area contributed by atoms with E-state index in [1.807, 2.05) is 0 Å². The van der Waals surface area contributed by atoms with Crippen LogP contribution in [0, 0.1) is 12.8 Å². The van der Waals surface area contributed by atoms with Gasteiger partial charge in [0.05, 0.1) is 0 Å². The van der Waals surface area contributed by atoms with Gasteiger partial charge in [0.1, 0.15) is 0 Å². The van der Waals surface area contributed by atoms with Crippen LogP contribution < -0.4 is 13.6 Å². The second-order valence-corrected chi connectivity index (χ2v) is 27.1. The predicted octanol–water partition coefficient (Wildman–Crippen LogP) is 7.60. The molecule has 1 atom stereocenters. The summed E-state index contributed by atoms with van der Waals surface area (Å²) >= 11 is -3.96. The number of halogens is 2. The van der Waals surface area contributed by atoms with Crippen LogP contribution in [0.4, 0.5) is 0 Å². The van der Waals surface area contributed by atoms with Gasteiger partial charge in [-0.25, -0.2) is 0 Å². The zero-order chi connectivity index (χ0) is 26.6. The summed E-state index contributed by atoms with van der Waals surface area (Å²) < 4.78 is 1.44. The first-order valence-electron chi connectivity index (χ1n) is 13.8. The number of allylic oxidation sites excluding steroid dienone is 1. The summed E-state index contributed by atoms with van der Waals surface area (Å²) in [6.45, 7) is 9.10. The third-order valence-electron chi connectivity index (χ3n) is 8.39. The maximum atomic E-state index is 7.86. The van der Waals surface area contributed by atoms with Crippen LogP contribution in [-0.4, -0.2) is 9.52 Å². The predicted molar refractivity (Wildman–Crippen MR) is 167 cm³/mol. The molecule has 1 aliphatic heterocycles. The molecule has 1 heterocycles. The Hall–Kier alpha value is -1.70. The molecule has 0 fully saturated rings. The summed E-state index contributed by atoms with van der Waals surface area (Å²) in [4.78, 5) is 0. The van der Waals surface area contributed by atoms with Crippen LogP contribution in [0.2, 0.25) is 0 Å². The molecule has 0 N–H and O–H groups in total. The van der Waals surface area contributed by atoms with Crippen molar-refractivity contribution in [3.63, 3.8) is 0 Å². The van der Waals surface area contributed by atoms with Crippen LogP contribution >= 0.6 is 17.0 Å². The number of fused-ring (bicyclic) bond motifs is 4. The Labute approximate surface area is 241 Å². The zero-order valence-electron chi connectivity index (χ0n) is 22.6. The van der Waals surface area contributed by atoms with Crippen molar-refractivity contribution in [1.82, 2.24) is 0 Å². The molecule has 0 bridgehead atoms. The van der Waals surface area contributed by atoms with Crippen LogP contribution in [0.3, 0.4) is 0 Å². The van der Waals surface area contributed by atoms with Gasteiger partial charge in [-0.05, 0) is 0 Å². The summed E-state index contributed by atoms with van der Waals surface area (Å²) in [6, 6.07) is 29.2. The Morgan fingerprint density at radius 1 is 0.842 bits per heavy atom. The summed E-state index contributed by atoms with van der Waals surface area (Å²) in [5.41, 5.74) is 12.3. The number of benzene rings is 4. The average molecular weight is 633 g/mol. The van der Waals surface area contributed by atoms with Gasteiger partial charge in [-0.2, -0.15) is 0 Å². The van der Waals surface area contributed by atoms with Crippen molar-refractivity contribution in [2.24, 2.45) is 5.92 Å². The van der Waals surface area contributed by atoms with E-state index in [1.165, 1.54) is 63.7 Å². The van der Waals surface area contributed by atoms with Crippen molar-refractivity contribution in [2.75, 3.05) is 0 Å². The van der Waals surface area contributed by atoms with Crippen LogP contribution in [0.25, 0.3) is 28.3 Å². The minimum absolute atomic E-state index is 0.128. The van der Waals surface area contributed by atoms with Gasteiger partial charge in [0.2, 0.25) is 0 Å². The molecule has 4 aromatic rings. The van der Waals surface area contributed by atoms with E-state index in [-0.39, 0.29) is 3.63 Å². The Kier molecular flexibility index (Phi) is 7.23. The third-order valence-corrected chi connectivity index (χ3v) is 22.7. The molecule has 2 aliphatic rings. The fourth-order valence-electron chi connectivity index (χ4n) is 6.72. The molecule has 0 saturated heterocycles. The van der Waals surface area contributed by atoms with Crippen molar-refractivity contribution < 1.29 is 17.9 Å². The van der Waals surface area contributed by atoms with E-state index in [9.17, 15) is 0 Å². The molecule has 0 nitrogen and oxygen atoms in total. The van der Waals surface area contributed by atoms with E-state index < -0.39 is 27.4 Å². The Balaban J connectivity index is 1.55. The van der Waals surface area contributed by atoms with E-state index >= 15 is 0 Å². The van der Waals surface area contributed by atoms with Crippen molar-refractivity contribution in [2.45, 2.75) is 44.2 Å². The van der Waals surface area contributed by atoms with Crippen LogP contribution in [-0.2, 0) is 24.3 Å². The fourth-order valence-corrected chi connectivity index (χ4v) is 23.5. The number of hydrogen-bond acceptors (Lipinski definition) is 0. The quantitative estimate of drug-likeness (QED) is 0.169. The summed E-state index contributed by atoms with van der Waals surface area (Å²) in [5.74, 6) is 0.543. The van der Waals surface area contributed by atoms with Crippen LogP contribution in [0.15, 0.2) is 84.4 Å². The first-order valence-corrected chi connectivity index (χ1v) is 24.2. The molecule has 0 saturated carbocycles. The molecule has 6 rings (SSSR count). The van der Waals surface area contributed by atoms with Gasteiger partial charge in [-0.1, -0.05) is 0 Å². The van der Waals surface area contributed by atoms with Gasteiger partial charge in [0.25, 0.3) is 0 Å². The second kappa shape index (κ2) is 10.4. The molecule has 0 radical (unpaired) electrons. The van der Waals surface area contributed by atoms with E-state index in [2.05, 4.69) is 113 Å². The van der Waals surface area contributed by atoms with Gasteiger partial charge < -0.3 is 0 Å². The standard InChI is InChI=1S/C22H25.C12H9Si.2ClH.Zr/c1-5-18-10-11-19-13-17(12-15(2)3)14-21(19)22(18)20-9-7-6-8-16(20)4;1-3-7-11-9(5-1)10-6-2-4-8-12(10)13-11;;;/h6-11,13-15H,5,12H2,1-4H3;1-7H,13H2;2*1H;/q;;;;+2/p-2. The first-order chi connectivity index (χ1) is 18.3. The first kappa shape index (κ1) is 26.5. The molecule has 4 heteroatoms. The van der Waals surface area contributed by atoms with Crippen molar-refractivity contribution in [3.8, 4) is 22.3 Å². The molecule has 0 amide bonds. The van der Waals surface area contributed by atoms with Crippen LogP contribution in [0.5, 0.6) is 0 Å². The molecular weight excluding hydrogens is 599 g/mol. The number of rotatable bonds is 6. The summed E-state index contributed by atoms with van der Waals surface area (Å²) in [6.07, 6.45) is 4.51. The molecule has 192 valence electrons. The maximum absolute atomic E-state index is 7.86. The SMILES string of the molecule is CCc1ccc2c(c1-c1ccccc1C)C=C(CC(C)C)[CH]2[Zr]([Cl])([Cl])[c]1cccc2c1[SiH2]c1ccccc1-2. The van der Waals surface area contributed by atoms with Gasteiger partial charge in [-0.3, -0.25) is 0 Å². The zero-order valence-corrected chi connectivity index (χ0v) is 28.0. The topological polar surface area (TPSA) is 0 Å². The monoisotopic (exact) mass is 630 g/mol. The molecular formula is C34H34Cl2SiZr. The van der Waals surface area contributed by atoms with E-state index in [1.54, 1.807) is 0 Å². The molecule has 38 heavy (non-hydrogen) atoms. The molecule has 0 aromatic heterocycles. The molecule has 1 aliphatic carbocycles. The van der Waals surface area contributed by atoms with E-state index in [4.69, 9.17) is 17.0 Å². The Bertz CT molecular complexity index is 1580. The summed E-state index contributed by atoms with van der Waals surface area (Å²) in [5, 5.41) is 3.01. The van der Waals surface area contributed by atoms with Crippen LogP contribution in [0.1, 0.15) is 53.1 Å². The van der Waals surface area contributed by atoms with Gasteiger partial charge >= 0.3 is 243 Å². The molecule has 4 aromatic carbocycles. The van der Waals surface area contributed by atoms with Crippen molar-refractivity contribution in [1.29, 1.82) is 0 Å².